The summed E-state index contributed by atoms with van der Waals surface area (Å²) in [5.41, 5.74) is 6.21. The van der Waals surface area contributed by atoms with Crippen molar-refractivity contribution in [2.75, 3.05) is 20.3 Å². The number of H-pyrrole nitrogens is 1. The number of ether oxygens (including phenoxy) is 3. The maximum Gasteiger partial charge on any atom is 0.271 e. The molecule has 0 bridgehead atoms. The van der Waals surface area contributed by atoms with Crippen LogP contribution in [0.1, 0.15) is 16.9 Å². The number of carbonyl (C=O) groups excluding carboxylic acids is 1. The zero-order valence-electron chi connectivity index (χ0n) is 11.4. The summed E-state index contributed by atoms with van der Waals surface area (Å²) >= 11 is 0. The number of hydrogen-bond donors (Lipinski definition) is 2. The lowest BCUT2D eigenvalue weighted by atomic mass is 10.1. The minimum Gasteiger partial charge on any atom is -0.496 e. The number of aromatic nitrogens is 3. The Kier molecular flexibility index (Phi) is 3.35. The molecule has 1 aliphatic heterocycles. The number of rotatable bonds is 3. The van der Waals surface area contributed by atoms with Crippen molar-refractivity contribution in [3.05, 3.63) is 17.8 Å². The first-order valence-electron chi connectivity index (χ1n) is 6.39. The quantitative estimate of drug-likeness (QED) is 0.862. The Bertz CT molecular complexity index is 683. The number of primary amides is 1. The predicted molar refractivity (Wildman–Crippen MR) is 72.5 cm³/mol. The highest BCUT2D eigenvalue weighted by atomic mass is 16.5. The normalized spacial score (nSPS) is 13.6. The molecule has 8 heteroatoms. The summed E-state index contributed by atoms with van der Waals surface area (Å²) in [7, 11) is 1.52. The molecule has 110 valence electrons. The molecular weight excluding hydrogens is 276 g/mol. The van der Waals surface area contributed by atoms with Crippen molar-refractivity contribution in [1.29, 1.82) is 0 Å². The Labute approximate surface area is 120 Å². The number of methoxy groups -OCH3 is 1. The summed E-state index contributed by atoms with van der Waals surface area (Å²) in [6.45, 7) is 1.13. The van der Waals surface area contributed by atoms with Crippen LogP contribution in [0.15, 0.2) is 12.1 Å². The van der Waals surface area contributed by atoms with Gasteiger partial charge in [-0.1, -0.05) is 0 Å². The van der Waals surface area contributed by atoms with Gasteiger partial charge in [-0.3, -0.25) is 4.79 Å². The molecule has 0 spiro atoms. The van der Waals surface area contributed by atoms with Gasteiger partial charge in [0.2, 0.25) is 0 Å². The van der Waals surface area contributed by atoms with E-state index in [4.69, 9.17) is 19.9 Å². The summed E-state index contributed by atoms with van der Waals surface area (Å²) < 4.78 is 16.6. The molecule has 1 aromatic carbocycles. The fourth-order valence-corrected chi connectivity index (χ4v) is 2.13. The second-order valence-corrected chi connectivity index (χ2v) is 4.43. The lowest BCUT2D eigenvalue weighted by Gasteiger charge is -2.12. The predicted octanol–water partition coefficient (Wildman–Crippen LogP) is 0.740. The molecule has 0 saturated carbocycles. The van der Waals surface area contributed by atoms with E-state index in [0.29, 0.717) is 41.7 Å². The van der Waals surface area contributed by atoms with Crippen LogP contribution in [0.25, 0.3) is 11.3 Å². The van der Waals surface area contributed by atoms with Crippen molar-refractivity contribution >= 4 is 5.91 Å². The zero-order chi connectivity index (χ0) is 14.8. The SMILES string of the molecule is COc1cc2c(cc1-c1n[nH]nc1C(N)=O)OCCCO2. The average Bonchev–Trinajstić information content (AvgIpc) is 2.86. The molecule has 0 atom stereocenters. The highest BCUT2D eigenvalue weighted by Crippen LogP contribution is 2.41. The van der Waals surface area contributed by atoms with Gasteiger partial charge in [-0.05, 0) is 6.07 Å². The highest BCUT2D eigenvalue weighted by Gasteiger charge is 2.22. The van der Waals surface area contributed by atoms with Gasteiger partial charge in [0.25, 0.3) is 5.91 Å². The lowest BCUT2D eigenvalue weighted by Crippen LogP contribution is -2.13. The molecule has 0 saturated heterocycles. The van der Waals surface area contributed by atoms with Crippen LogP contribution < -0.4 is 19.9 Å². The van der Waals surface area contributed by atoms with Crippen LogP contribution in [-0.2, 0) is 0 Å². The molecule has 0 unspecified atom stereocenters. The molecule has 1 aromatic heterocycles. The summed E-state index contributed by atoms with van der Waals surface area (Å²) in [5, 5.41) is 10.1. The molecule has 2 aromatic rings. The first-order valence-corrected chi connectivity index (χ1v) is 6.39. The van der Waals surface area contributed by atoms with E-state index in [1.807, 2.05) is 0 Å². The van der Waals surface area contributed by atoms with E-state index in [1.165, 1.54) is 7.11 Å². The van der Waals surface area contributed by atoms with E-state index in [-0.39, 0.29) is 5.69 Å². The largest absolute Gasteiger partial charge is 0.496 e. The van der Waals surface area contributed by atoms with Gasteiger partial charge in [-0.15, -0.1) is 0 Å². The first kappa shape index (κ1) is 13.2. The number of nitrogens with one attached hydrogen (secondary N) is 1. The van der Waals surface area contributed by atoms with E-state index in [2.05, 4.69) is 15.4 Å². The van der Waals surface area contributed by atoms with Gasteiger partial charge in [0.15, 0.2) is 17.2 Å². The molecule has 21 heavy (non-hydrogen) atoms. The Morgan fingerprint density at radius 3 is 2.67 bits per heavy atom. The van der Waals surface area contributed by atoms with Crippen LogP contribution in [0.3, 0.4) is 0 Å². The van der Waals surface area contributed by atoms with Crippen LogP contribution in [-0.4, -0.2) is 41.6 Å². The van der Waals surface area contributed by atoms with Crippen LogP contribution >= 0.6 is 0 Å². The fourth-order valence-electron chi connectivity index (χ4n) is 2.13. The van der Waals surface area contributed by atoms with Crippen molar-refractivity contribution in [3.63, 3.8) is 0 Å². The number of nitrogens with two attached hydrogens (primary N) is 1. The van der Waals surface area contributed by atoms with E-state index < -0.39 is 5.91 Å². The van der Waals surface area contributed by atoms with Gasteiger partial charge >= 0.3 is 0 Å². The first-order chi connectivity index (χ1) is 10.2. The molecule has 1 amide bonds. The number of nitrogens with zero attached hydrogens (tertiary/aromatic N) is 2. The fraction of sp³-hybridized carbons (Fsp3) is 0.308. The average molecular weight is 290 g/mol. The number of hydrogen-bond acceptors (Lipinski definition) is 6. The van der Waals surface area contributed by atoms with Gasteiger partial charge in [0.05, 0.1) is 25.9 Å². The number of fused-ring (bicyclic) bond motifs is 1. The molecule has 0 aliphatic carbocycles. The maximum atomic E-state index is 11.4. The summed E-state index contributed by atoms with van der Waals surface area (Å²) in [6, 6.07) is 3.42. The number of aromatic amines is 1. The molecule has 0 fully saturated rings. The van der Waals surface area contributed by atoms with Gasteiger partial charge in [0, 0.05) is 12.5 Å². The Morgan fingerprint density at radius 1 is 1.29 bits per heavy atom. The number of amides is 1. The third-order valence-corrected chi connectivity index (χ3v) is 3.11. The van der Waals surface area contributed by atoms with E-state index in [0.717, 1.165) is 6.42 Å². The smallest absolute Gasteiger partial charge is 0.271 e. The van der Waals surface area contributed by atoms with Gasteiger partial charge in [-0.2, -0.15) is 15.4 Å². The van der Waals surface area contributed by atoms with Crippen LogP contribution in [0.2, 0.25) is 0 Å². The minimum atomic E-state index is -0.673. The maximum absolute atomic E-state index is 11.4. The Hall–Kier alpha value is -2.77. The Morgan fingerprint density at radius 2 is 2.00 bits per heavy atom. The van der Waals surface area contributed by atoms with Crippen molar-refractivity contribution in [2.45, 2.75) is 6.42 Å². The number of carbonyl (C=O) groups is 1. The molecule has 1 aliphatic rings. The van der Waals surface area contributed by atoms with Crippen LogP contribution in [0, 0.1) is 0 Å². The highest BCUT2D eigenvalue weighted by molar-refractivity contribution is 5.97. The van der Waals surface area contributed by atoms with Gasteiger partial charge in [0.1, 0.15) is 11.4 Å². The summed E-state index contributed by atoms with van der Waals surface area (Å²) in [6.07, 6.45) is 0.794. The summed E-state index contributed by atoms with van der Waals surface area (Å²) in [5.74, 6) is 0.988. The van der Waals surface area contributed by atoms with Gasteiger partial charge in [-0.25, -0.2) is 0 Å². The molecule has 0 radical (unpaired) electrons. The molecule has 8 nitrogen and oxygen atoms in total. The second-order valence-electron chi connectivity index (χ2n) is 4.43. The van der Waals surface area contributed by atoms with E-state index in [9.17, 15) is 4.79 Å². The topological polar surface area (TPSA) is 112 Å². The van der Waals surface area contributed by atoms with Crippen LogP contribution in [0.4, 0.5) is 0 Å². The van der Waals surface area contributed by atoms with Crippen molar-refractivity contribution in [1.82, 2.24) is 15.4 Å². The third kappa shape index (κ3) is 2.35. The lowest BCUT2D eigenvalue weighted by molar-refractivity contribution is 0.0996. The third-order valence-electron chi connectivity index (χ3n) is 3.11. The van der Waals surface area contributed by atoms with Crippen molar-refractivity contribution in [3.8, 4) is 28.5 Å². The van der Waals surface area contributed by atoms with Crippen molar-refractivity contribution < 1.29 is 19.0 Å². The standard InChI is InChI=1S/C13H14N4O4/c1-19-8-6-10-9(20-3-2-4-21-10)5-7(8)11-12(13(14)18)16-17-15-11/h5-6H,2-4H2,1H3,(H2,14,18)(H,15,16,17). The van der Waals surface area contributed by atoms with Crippen molar-refractivity contribution in [2.24, 2.45) is 5.73 Å². The minimum absolute atomic E-state index is 0.0443. The molecule has 3 N–H and O–H groups in total. The van der Waals surface area contributed by atoms with Gasteiger partial charge < -0.3 is 19.9 Å². The zero-order valence-corrected chi connectivity index (χ0v) is 11.4. The van der Waals surface area contributed by atoms with E-state index >= 15 is 0 Å². The second kappa shape index (κ2) is 5.31. The van der Waals surface area contributed by atoms with Crippen LogP contribution in [0.5, 0.6) is 17.2 Å². The Balaban J connectivity index is 2.15. The van der Waals surface area contributed by atoms with E-state index in [1.54, 1.807) is 12.1 Å². The monoisotopic (exact) mass is 290 g/mol. The molecule has 3 rings (SSSR count). The summed E-state index contributed by atoms with van der Waals surface area (Å²) in [4.78, 5) is 11.4. The molecule has 2 heterocycles. The number of benzene rings is 1. The molecular formula is C13H14N4O4.